The van der Waals surface area contributed by atoms with Crippen LogP contribution < -0.4 is 10.6 Å². The summed E-state index contributed by atoms with van der Waals surface area (Å²) >= 11 is 0. The molecule has 0 saturated carbocycles. The molecule has 0 fully saturated rings. The van der Waals surface area contributed by atoms with Crippen molar-refractivity contribution in [3.8, 4) is 22.6 Å². The predicted octanol–water partition coefficient (Wildman–Crippen LogP) is 3.20. The van der Waals surface area contributed by atoms with Crippen molar-refractivity contribution in [2.45, 2.75) is 6.92 Å². The van der Waals surface area contributed by atoms with Crippen LogP contribution in [0.1, 0.15) is 5.69 Å². The van der Waals surface area contributed by atoms with Gasteiger partial charge in [-0.2, -0.15) is 0 Å². The Morgan fingerprint density at radius 2 is 2.00 bits per heavy atom. The lowest BCUT2D eigenvalue weighted by atomic mass is 10.1. The first-order valence-electron chi connectivity index (χ1n) is 7.24. The van der Waals surface area contributed by atoms with Crippen LogP contribution in [0.4, 0.5) is 10.5 Å². The largest absolute Gasteiger partial charge is 0.341 e. The molecular weight excluding hydrogens is 290 g/mol. The van der Waals surface area contributed by atoms with Crippen LogP contribution in [-0.4, -0.2) is 28.0 Å². The van der Waals surface area contributed by atoms with E-state index in [0.29, 0.717) is 11.5 Å². The summed E-state index contributed by atoms with van der Waals surface area (Å²) in [4.78, 5) is 23.7. The van der Waals surface area contributed by atoms with Crippen LogP contribution >= 0.6 is 0 Å². The maximum atomic E-state index is 11.6. The normalized spacial score (nSPS) is 10.3. The Kier molecular flexibility index (Phi) is 4.05. The number of benzene rings is 1. The van der Waals surface area contributed by atoms with Gasteiger partial charge in [-0.05, 0) is 31.2 Å². The monoisotopic (exact) mass is 307 g/mol. The van der Waals surface area contributed by atoms with Crippen LogP contribution in [0.15, 0.2) is 48.8 Å². The molecule has 3 aromatic rings. The number of imidazole rings is 1. The van der Waals surface area contributed by atoms with E-state index in [1.807, 2.05) is 43.3 Å². The van der Waals surface area contributed by atoms with Gasteiger partial charge in [-0.15, -0.1) is 0 Å². The van der Waals surface area contributed by atoms with Gasteiger partial charge in [-0.3, -0.25) is 4.98 Å². The molecule has 0 spiro atoms. The molecular formula is C17H17N5O. The van der Waals surface area contributed by atoms with Crippen molar-refractivity contribution in [1.82, 2.24) is 20.3 Å². The molecule has 0 aliphatic rings. The van der Waals surface area contributed by atoms with Crippen molar-refractivity contribution in [3.05, 3.63) is 54.5 Å². The first-order valence-corrected chi connectivity index (χ1v) is 7.24. The van der Waals surface area contributed by atoms with E-state index < -0.39 is 0 Å². The number of hydrogen-bond acceptors (Lipinski definition) is 3. The Morgan fingerprint density at radius 1 is 1.17 bits per heavy atom. The number of aryl methyl sites for hydroxylation is 1. The molecule has 116 valence electrons. The van der Waals surface area contributed by atoms with Crippen molar-refractivity contribution in [1.29, 1.82) is 0 Å². The molecule has 1 aromatic carbocycles. The zero-order valence-corrected chi connectivity index (χ0v) is 12.9. The summed E-state index contributed by atoms with van der Waals surface area (Å²) in [7, 11) is 1.58. The van der Waals surface area contributed by atoms with E-state index in [2.05, 4.69) is 25.6 Å². The van der Waals surface area contributed by atoms with Crippen LogP contribution in [0.3, 0.4) is 0 Å². The second-order valence-electron chi connectivity index (χ2n) is 5.05. The third-order valence-corrected chi connectivity index (χ3v) is 3.48. The lowest BCUT2D eigenvalue weighted by Crippen LogP contribution is -2.24. The molecule has 3 N–H and O–H groups in total. The Hall–Kier alpha value is -3.15. The molecule has 3 rings (SSSR count). The Morgan fingerprint density at radius 3 is 2.74 bits per heavy atom. The molecule has 6 nitrogen and oxygen atoms in total. The van der Waals surface area contributed by atoms with E-state index in [9.17, 15) is 4.79 Å². The summed E-state index contributed by atoms with van der Waals surface area (Å²) in [5.41, 5.74) is 4.27. The zero-order chi connectivity index (χ0) is 16.2. The number of pyridine rings is 1. The number of amides is 2. The van der Waals surface area contributed by atoms with Crippen LogP contribution in [-0.2, 0) is 0 Å². The second-order valence-corrected chi connectivity index (χ2v) is 5.05. The summed E-state index contributed by atoms with van der Waals surface area (Å²) in [6.07, 6.45) is 3.51. The first kappa shape index (κ1) is 14.8. The van der Waals surface area contributed by atoms with Crippen LogP contribution in [0, 0.1) is 6.92 Å². The summed E-state index contributed by atoms with van der Waals surface area (Å²) in [6.45, 7) is 1.97. The number of rotatable bonds is 3. The molecule has 0 atom stereocenters. The van der Waals surface area contributed by atoms with E-state index in [0.717, 1.165) is 22.5 Å². The van der Waals surface area contributed by atoms with E-state index in [1.54, 1.807) is 19.4 Å². The number of carbonyl (C=O) groups is 1. The summed E-state index contributed by atoms with van der Waals surface area (Å²) in [5.74, 6) is 0.702. The van der Waals surface area contributed by atoms with E-state index >= 15 is 0 Å². The molecule has 0 unspecified atom stereocenters. The smallest absolute Gasteiger partial charge is 0.318 e. The summed E-state index contributed by atoms with van der Waals surface area (Å²) in [5, 5.41) is 5.35. The topological polar surface area (TPSA) is 82.7 Å². The number of H-pyrrole nitrogens is 1. The van der Waals surface area contributed by atoms with Gasteiger partial charge in [0.1, 0.15) is 5.82 Å². The minimum absolute atomic E-state index is 0.270. The van der Waals surface area contributed by atoms with Crippen LogP contribution in [0.5, 0.6) is 0 Å². The quantitative estimate of drug-likeness (QED) is 0.695. The number of hydrogen-bond donors (Lipinski definition) is 3. The molecule has 2 heterocycles. The van der Waals surface area contributed by atoms with Gasteiger partial charge in [0.25, 0.3) is 0 Å². The lowest BCUT2D eigenvalue weighted by molar-refractivity contribution is 0.254. The first-order chi connectivity index (χ1) is 11.2. The summed E-state index contributed by atoms with van der Waals surface area (Å²) in [6, 6.07) is 11.1. The highest BCUT2D eigenvalue weighted by Gasteiger charge is 2.14. The zero-order valence-electron chi connectivity index (χ0n) is 12.9. The number of aromatic nitrogens is 3. The average Bonchev–Trinajstić information content (AvgIpc) is 2.97. The number of urea groups is 1. The van der Waals surface area contributed by atoms with Gasteiger partial charge in [-0.25, -0.2) is 9.78 Å². The highest BCUT2D eigenvalue weighted by atomic mass is 16.2. The average molecular weight is 307 g/mol. The van der Waals surface area contributed by atoms with E-state index in [4.69, 9.17) is 0 Å². The summed E-state index contributed by atoms with van der Waals surface area (Å²) < 4.78 is 0. The SMILES string of the molecule is CNC(=O)Nc1ccccc1-c1nc(-c2cccnc2)c(C)[nH]1. The van der Waals surface area contributed by atoms with Gasteiger partial charge in [0.2, 0.25) is 0 Å². The fourth-order valence-corrected chi connectivity index (χ4v) is 2.36. The third-order valence-electron chi connectivity index (χ3n) is 3.48. The molecule has 0 bridgehead atoms. The van der Waals surface area contributed by atoms with Gasteiger partial charge >= 0.3 is 6.03 Å². The fourth-order valence-electron chi connectivity index (χ4n) is 2.36. The van der Waals surface area contributed by atoms with Gasteiger partial charge in [-0.1, -0.05) is 12.1 Å². The minimum Gasteiger partial charge on any atom is -0.341 e. The molecule has 2 aromatic heterocycles. The van der Waals surface area contributed by atoms with Gasteiger partial charge in [0.15, 0.2) is 0 Å². The van der Waals surface area contributed by atoms with Crippen molar-refractivity contribution >= 4 is 11.7 Å². The number of anilines is 1. The molecule has 0 aliphatic carbocycles. The van der Waals surface area contributed by atoms with Gasteiger partial charge < -0.3 is 15.6 Å². The number of para-hydroxylation sites is 1. The second kappa shape index (κ2) is 6.31. The van der Waals surface area contributed by atoms with Gasteiger partial charge in [0.05, 0.1) is 11.4 Å². The van der Waals surface area contributed by atoms with Crippen molar-refractivity contribution < 1.29 is 4.79 Å². The number of carbonyl (C=O) groups excluding carboxylic acids is 1. The third kappa shape index (κ3) is 3.06. The van der Waals surface area contributed by atoms with E-state index in [1.165, 1.54) is 0 Å². The van der Waals surface area contributed by atoms with E-state index in [-0.39, 0.29) is 6.03 Å². The highest BCUT2D eigenvalue weighted by Crippen LogP contribution is 2.29. The molecule has 0 saturated heterocycles. The molecule has 0 radical (unpaired) electrons. The maximum absolute atomic E-state index is 11.6. The standard InChI is InChI=1S/C17H17N5O/c1-11-15(12-6-5-9-19-10-12)22-16(20-11)13-7-3-4-8-14(13)21-17(23)18-2/h3-10H,1-2H3,(H,20,22)(H2,18,21,23). The van der Waals surface area contributed by atoms with Crippen LogP contribution in [0.2, 0.25) is 0 Å². The fraction of sp³-hybridized carbons (Fsp3) is 0.118. The highest BCUT2D eigenvalue weighted by molar-refractivity contribution is 5.93. The lowest BCUT2D eigenvalue weighted by Gasteiger charge is -2.08. The Balaban J connectivity index is 2.02. The Bertz CT molecular complexity index is 826. The van der Waals surface area contributed by atoms with Gasteiger partial charge in [0, 0.05) is 36.3 Å². The Labute approximate surface area is 134 Å². The van der Waals surface area contributed by atoms with Crippen molar-refractivity contribution in [3.63, 3.8) is 0 Å². The number of nitrogens with one attached hydrogen (secondary N) is 3. The van der Waals surface area contributed by atoms with Crippen LogP contribution in [0.25, 0.3) is 22.6 Å². The predicted molar refractivity (Wildman–Crippen MR) is 90.1 cm³/mol. The minimum atomic E-state index is -0.270. The van der Waals surface area contributed by atoms with Crippen molar-refractivity contribution in [2.75, 3.05) is 12.4 Å². The molecule has 6 heteroatoms. The molecule has 0 aliphatic heterocycles. The number of nitrogens with zero attached hydrogens (tertiary/aromatic N) is 2. The molecule has 2 amide bonds. The molecule has 23 heavy (non-hydrogen) atoms. The maximum Gasteiger partial charge on any atom is 0.318 e. The number of aromatic amines is 1. The van der Waals surface area contributed by atoms with Crippen molar-refractivity contribution in [2.24, 2.45) is 0 Å².